The van der Waals surface area contributed by atoms with Crippen LogP contribution >= 0.6 is 0 Å². The predicted octanol–water partition coefficient (Wildman–Crippen LogP) is 0.299. The van der Waals surface area contributed by atoms with Gasteiger partial charge in [0.2, 0.25) is 5.82 Å². The molecule has 2 saturated heterocycles. The average molecular weight is 326 g/mol. The van der Waals surface area contributed by atoms with E-state index in [4.69, 9.17) is 0 Å². The lowest BCUT2D eigenvalue weighted by Crippen LogP contribution is -2.51. The fourth-order valence-electron chi connectivity index (χ4n) is 3.14. The lowest BCUT2D eigenvalue weighted by Gasteiger charge is -2.37. The minimum absolute atomic E-state index is 0.0133. The van der Waals surface area contributed by atoms with Crippen molar-refractivity contribution in [2.24, 2.45) is 0 Å². The lowest BCUT2D eigenvalue weighted by molar-refractivity contribution is -0.384. The maximum Gasteiger partial charge on any atom is 0.311 e. The zero-order chi connectivity index (χ0) is 15.7. The minimum atomic E-state index is -2.89. The molecule has 0 unspecified atom stereocenters. The summed E-state index contributed by atoms with van der Waals surface area (Å²) in [7, 11) is -2.89. The van der Waals surface area contributed by atoms with Crippen molar-refractivity contribution in [3.8, 4) is 0 Å². The van der Waals surface area contributed by atoms with Gasteiger partial charge in [0.1, 0.15) is 0 Å². The number of piperazine rings is 1. The second-order valence-corrected chi connectivity index (χ2v) is 7.91. The zero-order valence-corrected chi connectivity index (χ0v) is 12.9. The smallest absolute Gasteiger partial charge is 0.311 e. The molecule has 3 rings (SSSR count). The van der Waals surface area contributed by atoms with E-state index >= 15 is 0 Å². The third-order valence-electron chi connectivity index (χ3n) is 4.30. The van der Waals surface area contributed by atoms with Crippen LogP contribution in [0.2, 0.25) is 0 Å². The first-order chi connectivity index (χ1) is 10.5. The molecule has 120 valence electrons. The highest BCUT2D eigenvalue weighted by atomic mass is 32.2. The minimum Gasteiger partial charge on any atom is -0.348 e. The number of hydrogen-bond donors (Lipinski definition) is 0. The van der Waals surface area contributed by atoms with Gasteiger partial charge in [-0.05, 0) is 12.5 Å². The number of rotatable bonds is 3. The molecule has 8 nitrogen and oxygen atoms in total. The SMILES string of the molecule is O=[N+]([O-])c1cccnc1N1CCN([C@@H]2CCS(=O)(=O)C2)CC1. The second-order valence-electron chi connectivity index (χ2n) is 5.68. The summed E-state index contributed by atoms with van der Waals surface area (Å²) >= 11 is 0. The molecule has 2 aliphatic rings. The molecule has 1 aromatic heterocycles. The Hall–Kier alpha value is -1.74. The Morgan fingerprint density at radius 1 is 1.27 bits per heavy atom. The molecule has 9 heteroatoms. The number of hydrogen-bond acceptors (Lipinski definition) is 7. The Balaban J connectivity index is 1.66. The van der Waals surface area contributed by atoms with E-state index in [0.717, 1.165) is 0 Å². The number of anilines is 1. The van der Waals surface area contributed by atoms with Crippen molar-refractivity contribution < 1.29 is 13.3 Å². The normalized spacial score (nSPS) is 25.3. The van der Waals surface area contributed by atoms with Crippen molar-refractivity contribution in [3.05, 3.63) is 28.4 Å². The summed E-state index contributed by atoms with van der Waals surface area (Å²) in [6, 6.07) is 3.10. The largest absolute Gasteiger partial charge is 0.348 e. The van der Waals surface area contributed by atoms with E-state index < -0.39 is 14.8 Å². The van der Waals surface area contributed by atoms with Gasteiger partial charge in [-0.3, -0.25) is 15.0 Å². The summed E-state index contributed by atoms with van der Waals surface area (Å²) in [5, 5.41) is 11.1. The summed E-state index contributed by atoms with van der Waals surface area (Å²) in [5.74, 6) is 0.895. The lowest BCUT2D eigenvalue weighted by atomic mass is 10.2. The van der Waals surface area contributed by atoms with Crippen LogP contribution in [0.1, 0.15) is 6.42 Å². The van der Waals surface area contributed by atoms with E-state index in [-0.39, 0.29) is 23.2 Å². The molecule has 0 aromatic carbocycles. The second kappa shape index (κ2) is 5.81. The highest BCUT2D eigenvalue weighted by Gasteiger charge is 2.34. The number of nitrogens with zero attached hydrogens (tertiary/aromatic N) is 4. The van der Waals surface area contributed by atoms with Crippen molar-refractivity contribution in [3.63, 3.8) is 0 Å². The molecule has 0 N–H and O–H groups in total. The van der Waals surface area contributed by atoms with Crippen LogP contribution < -0.4 is 4.90 Å². The first-order valence-electron chi connectivity index (χ1n) is 7.25. The molecule has 22 heavy (non-hydrogen) atoms. The molecule has 0 spiro atoms. The summed E-state index contributed by atoms with van der Waals surface area (Å²) < 4.78 is 23.1. The van der Waals surface area contributed by atoms with Gasteiger partial charge in [0.05, 0.1) is 16.4 Å². The van der Waals surface area contributed by atoms with E-state index in [9.17, 15) is 18.5 Å². The molecular weight excluding hydrogens is 308 g/mol. The van der Waals surface area contributed by atoms with Crippen molar-refractivity contribution in [1.82, 2.24) is 9.88 Å². The molecule has 2 fully saturated rings. The number of sulfone groups is 1. The Bertz CT molecular complexity index is 670. The van der Waals surface area contributed by atoms with Crippen LogP contribution in [0.15, 0.2) is 18.3 Å². The standard InChI is InChI=1S/C13H18N4O4S/c18-17(19)12-2-1-4-14-13(12)16-7-5-15(6-8-16)11-3-9-22(20,21)10-11/h1-2,4,11H,3,5-10H2/t11-/m1/s1. The highest BCUT2D eigenvalue weighted by Crippen LogP contribution is 2.27. The van der Waals surface area contributed by atoms with Crippen LogP contribution in [0.3, 0.4) is 0 Å². The van der Waals surface area contributed by atoms with Crippen LogP contribution in [-0.4, -0.2) is 67.0 Å². The van der Waals surface area contributed by atoms with Gasteiger partial charge in [-0.15, -0.1) is 0 Å². The summed E-state index contributed by atoms with van der Waals surface area (Å²) in [6.45, 7) is 2.64. The van der Waals surface area contributed by atoms with Gasteiger partial charge < -0.3 is 4.90 Å². The quantitative estimate of drug-likeness (QED) is 0.582. The van der Waals surface area contributed by atoms with Gasteiger partial charge >= 0.3 is 5.69 Å². The van der Waals surface area contributed by atoms with E-state index in [2.05, 4.69) is 9.88 Å². The van der Waals surface area contributed by atoms with Crippen LogP contribution in [0.5, 0.6) is 0 Å². The van der Waals surface area contributed by atoms with Crippen LogP contribution in [0, 0.1) is 10.1 Å². The van der Waals surface area contributed by atoms with Gasteiger partial charge in [-0.25, -0.2) is 13.4 Å². The molecule has 0 aliphatic carbocycles. The number of aromatic nitrogens is 1. The number of pyridine rings is 1. The van der Waals surface area contributed by atoms with Crippen LogP contribution in [0.4, 0.5) is 11.5 Å². The van der Waals surface area contributed by atoms with Crippen LogP contribution in [-0.2, 0) is 9.84 Å². The predicted molar refractivity (Wildman–Crippen MR) is 81.7 cm³/mol. The summed E-state index contributed by atoms with van der Waals surface area (Å²) in [6.07, 6.45) is 2.24. The average Bonchev–Trinajstić information content (AvgIpc) is 2.87. The number of nitro groups is 1. The Morgan fingerprint density at radius 3 is 2.59 bits per heavy atom. The van der Waals surface area contributed by atoms with Crippen molar-refractivity contribution >= 4 is 21.3 Å². The maximum atomic E-state index is 11.6. The van der Waals surface area contributed by atoms with Crippen molar-refractivity contribution in [1.29, 1.82) is 0 Å². The third kappa shape index (κ3) is 3.05. The third-order valence-corrected chi connectivity index (χ3v) is 6.05. The van der Waals surface area contributed by atoms with Crippen molar-refractivity contribution in [2.75, 3.05) is 42.6 Å². The summed E-state index contributed by atoms with van der Waals surface area (Å²) in [4.78, 5) is 18.9. The molecule has 0 saturated carbocycles. The van der Waals surface area contributed by atoms with E-state index in [0.29, 0.717) is 38.4 Å². The molecule has 3 heterocycles. The highest BCUT2D eigenvalue weighted by molar-refractivity contribution is 7.91. The maximum absolute atomic E-state index is 11.6. The molecule has 2 aliphatic heterocycles. The molecular formula is C13H18N4O4S. The van der Waals surface area contributed by atoms with E-state index in [1.54, 1.807) is 12.3 Å². The molecule has 1 atom stereocenters. The fourth-order valence-corrected chi connectivity index (χ4v) is 4.90. The van der Waals surface area contributed by atoms with Gasteiger partial charge in [-0.2, -0.15) is 0 Å². The topological polar surface area (TPSA) is 96.7 Å². The molecule has 0 amide bonds. The van der Waals surface area contributed by atoms with Gasteiger partial charge in [0, 0.05) is 44.5 Å². The van der Waals surface area contributed by atoms with Crippen LogP contribution in [0.25, 0.3) is 0 Å². The van der Waals surface area contributed by atoms with Crippen molar-refractivity contribution in [2.45, 2.75) is 12.5 Å². The van der Waals surface area contributed by atoms with E-state index in [1.165, 1.54) is 6.07 Å². The molecule has 0 bridgehead atoms. The van der Waals surface area contributed by atoms with Gasteiger partial charge in [0.25, 0.3) is 0 Å². The Labute approximate surface area is 128 Å². The monoisotopic (exact) mass is 326 g/mol. The first-order valence-corrected chi connectivity index (χ1v) is 9.07. The van der Waals surface area contributed by atoms with Gasteiger partial charge in [-0.1, -0.05) is 0 Å². The fraction of sp³-hybridized carbons (Fsp3) is 0.615. The summed E-state index contributed by atoms with van der Waals surface area (Å²) in [5.41, 5.74) is 0.0133. The van der Waals surface area contributed by atoms with Gasteiger partial charge in [0.15, 0.2) is 9.84 Å². The Morgan fingerprint density at radius 2 is 2.00 bits per heavy atom. The first kappa shape index (κ1) is 15.2. The molecule has 0 radical (unpaired) electrons. The zero-order valence-electron chi connectivity index (χ0n) is 12.1. The molecule has 1 aromatic rings. The Kier molecular flexibility index (Phi) is 4.00. The van der Waals surface area contributed by atoms with E-state index in [1.807, 2.05) is 4.90 Å².